The second-order valence-electron chi connectivity index (χ2n) is 5.10. The molecule has 1 atom stereocenters. The molecule has 1 nitrogen and oxygen atoms in total. The second kappa shape index (κ2) is 5.56. The van der Waals surface area contributed by atoms with Gasteiger partial charge in [0, 0.05) is 5.56 Å². The zero-order valence-electron chi connectivity index (χ0n) is 11.8. The summed E-state index contributed by atoms with van der Waals surface area (Å²) in [5, 5.41) is 10.4. The summed E-state index contributed by atoms with van der Waals surface area (Å²) in [6.45, 7) is 1.35. The molecule has 2 aromatic rings. The van der Waals surface area contributed by atoms with Gasteiger partial charge in [-0.2, -0.15) is 26.3 Å². The number of alkyl halides is 6. The lowest BCUT2D eigenvalue weighted by atomic mass is 9.82. The van der Waals surface area contributed by atoms with Crippen molar-refractivity contribution in [1.29, 1.82) is 0 Å². The lowest BCUT2D eigenvalue weighted by Crippen LogP contribution is -2.44. The van der Waals surface area contributed by atoms with Crippen molar-refractivity contribution in [2.45, 2.75) is 24.9 Å². The van der Waals surface area contributed by atoms with E-state index in [-0.39, 0.29) is 5.56 Å². The third-order valence-corrected chi connectivity index (χ3v) is 3.55. The summed E-state index contributed by atoms with van der Waals surface area (Å²) in [6.07, 6.45) is -10.0. The molecule has 0 saturated heterocycles. The zero-order valence-corrected chi connectivity index (χ0v) is 11.8. The summed E-state index contributed by atoms with van der Waals surface area (Å²) in [5.74, 6) is 0. The van der Waals surface area contributed by atoms with Crippen LogP contribution in [0.3, 0.4) is 0 Å². The molecule has 0 aliphatic carbocycles. The molecule has 0 fully saturated rings. The first kappa shape index (κ1) is 17.3. The van der Waals surface area contributed by atoms with Gasteiger partial charge in [0.1, 0.15) is 0 Å². The number of halogens is 6. The highest BCUT2D eigenvalue weighted by Crippen LogP contribution is 2.46. The van der Waals surface area contributed by atoms with Gasteiger partial charge in [0.05, 0.1) is 5.56 Å². The third kappa shape index (κ3) is 3.06. The van der Waals surface area contributed by atoms with Gasteiger partial charge in [-0.1, -0.05) is 36.4 Å². The Balaban J connectivity index is 2.74. The van der Waals surface area contributed by atoms with Gasteiger partial charge in [-0.05, 0) is 30.2 Å². The van der Waals surface area contributed by atoms with E-state index in [4.69, 9.17) is 0 Å². The van der Waals surface area contributed by atoms with Crippen molar-refractivity contribution in [1.82, 2.24) is 0 Å². The van der Waals surface area contributed by atoms with Gasteiger partial charge in [0.25, 0.3) is 0 Å². The lowest BCUT2D eigenvalue weighted by molar-refractivity contribution is -0.248. The van der Waals surface area contributed by atoms with Crippen LogP contribution in [0.2, 0.25) is 0 Å². The van der Waals surface area contributed by atoms with Crippen molar-refractivity contribution in [2.24, 2.45) is 0 Å². The molecule has 0 aromatic heterocycles. The first-order chi connectivity index (χ1) is 10.5. The van der Waals surface area contributed by atoms with Crippen molar-refractivity contribution < 1.29 is 31.4 Å². The van der Waals surface area contributed by atoms with Gasteiger partial charge in [0.2, 0.25) is 5.60 Å². The molecule has 7 heteroatoms. The molecule has 0 aliphatic rings. The largest absolute Gasteiger partial charge is 0.425 e. The highest BCUT2D eigenvalue weighted by molar-refractivity contribution is 5.43. The van der Waals surface area contributed by atoms with Crippen LogP contribution >= 0.6 is 0 Å². The standard InChI is InChI=1S/C16H12F6O/c1-10-5-2-3-8-13(10)14(23,16(20,21)22)11-6-4-7-12(9-11)15(17,18)19/h2-9,23H,1H3. The fourth-order valence-electron chi connectivity index (χ4n) is 2.37. The number of rotatable bonds is 2. The summed E-state index contributed by atoms with van der Waals surface area (Å²) in [5.41, 5.74) is -6.06. The van der Waals surface area contributed by atoms with Gasteiger partial charge >= 0.3 is 12.4 Å². The van der Waals surface area contributed by atoms with Crippen LogP contribution < -0.4 is 0 Å². The minimum absolute atomic E-state index is 0.115. The first-order valence-electron chi connectivity index (χ1n) is 6.51. The molecule has 0 amide bonds. The Morgan fingerprint density at radius 3 is 1.87 bits per heavy atom. The highest BCUT2D eigenvalue weighted by atomic mass is 19.4. The van der Waals surface area contributed by atoms with Gasteiger partial charge in [-0.3, -0.25) is 0 Å². The molecule has 0 saturated carbocycles. The molecule has 0 heterocycles. The number of aryl methyl sites for hydroxylation is 1. The molecule has 1 N–H and O–H groups in total. The van der Waals surface area contributed by atoms with E-state index in [1.54, 1.807) is 0 Å². The normalized spacial score (nSPS) is 15.3. The number of benzene rings is 2. The minimum atomic E-state index is -5.19. The number of hydrogen-bond donors (Lipinski definition) is 1. The van der Waals surface area contributed by atoms with E-state index in [0.29, 0.717) is 12.1 Å². The van der Waals surface area contributed by atoms with Crippen molar-refractivity contribution >= 4 is 0 Å². The highest BCUT2D eigenvalue weighted by Gasteiger charge is 2.57. The van der Waals surface area contributed by atoms with E-state index in [9.17, 15) is 31.4 Å². The lowest BCUT2D eigenvalue weighted by Gasteiger charge is -2.33. The Morgan fingerprint density at radius 2 is 1.35 bits per heavy atom. The summed E-state index contributed by atoms with van der Waals surface area (Å²) < 4.78 is 79.0. The maximum atomic E-state index is 13.6. The Morgan fingerprint density at radius 1 is 0.783 bits per heavy atom. The average molecular weight is 334 g/mol. The van der Waals surface area contributed by atoms with Crippen LogP contribution in [0.15, 0.2) is 48.5 Å². The van der Waals surface area contributed by atoms with Crippen LogP contribution in [0.4, 0.5) is 26.3 Å². The van der Waals surface area contributed by atoms with E-state index in [1.165, 1.54) is 25.1 Å². The Bertz CT molecular complexity index is 704. The van der Waals surface area contributed by atoms with Crippen LogP contribution in [0.1, 0.15) is 22.3 Å². The third-order valence-electron chi connectivity index (χ3n) is 3.55. The van der Waals surface area contributed by atoms with Gasteiger partial charge in [-0.25, -0.2) is 0 Å². The predicted molar refractivity (Wildman–Crippen MR) is 71.7 cm³/mol. The summed E-state index contributed by atoms with van der Waals surface area (Å²) in [6, 6.07) is 7.79. The molecule has 2 rings (SSSR count). The second-order valence-corrected chi connectivity index (χ2v) is 5.10. The van der Waals surface area contributed by atoms with Crippen molar-refractivity contribution in [3.8, 4) is 0 Å². The molecule has 2 aromatic carbocycles. The minimum Gasteiger partial charge on any atom is -0.372 e. The van der Waals surface area contributed by atoms with Crippen LogP contribution in [-0.4, -0.2) is 11.3 Å². The monoisotopic (exact) mass is 334 g/mol. The van der Waals surface area contributed by atoms with Crippen molar-refractivity contribution in [3.63, 3.8) is 0 Å². The van der Waals surface area contributed by atoms with E-state index in [0.717, 1.165) is 18.2 Å². The predicted octanol–water partition coefficient (Wildman–Crippen LogP) is 4.81. The first-order valence-corrected chi connectivity index (χ1v) is 6.51. The smallest absolute Gasteiger partial charge is 0.372 e. The molecule has 0 aliphatic heterocycles. The van der Waals surface area contributed by atoms with E-state index in [1.807, 2.05) is 0 Å². The summed E-state index contributed by atoms with van der Waals surface area (Å²) in [7, 11) is 0. The van der Waals surface area contributed by atoms with Gasteiger partial charge in [0.15, 0.2) is 0 Å². The maximum Gasteiger partial charge on any atom is 0.425 e. The Kier molecular flexibility index (Phi) is 4.19. The van der Waals surface area contributed by atoms with Crippen LogP contribution in [-0.2, 0) is 11.8 Å². The molecule has 23 heavy (non-hydrogen) atoms. The maximum absolute atomic E-state index is 13.6. The quantitative estimate of drug-likeness (QED) is 0.781. The van der Waals surface area contributed by atoms with Crippen LogP contribution in [0.5, 0.6) is 0 Å². The molecule has 124 valence electrons. The topological polar surface area (TPSA) is 20.2 Å². The fraction of sp³-hybridized carbons (Fsp3) is 0.250. The fourth-order valence-corrected chi connectivity index (χ4v) is 2.37. The molecule has 0 radical (unpaired) electrons. The molecule has 1 unspecified atom stereocenters. The van der Waals surface area contributed by atoms with E-state index in [2.05, 4.69) is 0 Å². The van der Waals surface area contributed by atoms with E-state index >= 15 is 0 Å². The van der Waals surface area contributed by atoms with Gasteiger partial charge in [-0.15, -0.1) is 0 Å². The van der Waals surface area contributed by atoms with Crippen LogP contribution in [0, 0.1) is 6.92 Å². The Hall–Kier alpha value is -2.02. The molecule has 0 bridgehead atoms. The average Bonchev–Trinajstić information content (AvgIpc) is 2.45. The molecule has 0 spiro atoms. The van der Waals surface area contributed by atoms with E-state index < -0.39 is 34.6 Å². The number of hydrogen-bond acceptors (Lipinski definition) is 1. The number of aliphatic hydroxyl groups is 1. The summed E-state index contributed by atoms with van der Waals surface area (Å²) >= 11 is 0. The molecular formula is C16H12F6O. The van der Waals surface area contributed by atoms with Crippen molar-refractivity contribution in [2.75, 3.05) is 0 Å². The van der Waals surface area contributed by atoms with Crippen molar-refractivity contribution in [3.05, 3.63) is 70.8 Å². The summed E-state index contributed by atoms with van der Waals surface area (Å²) in [4.78, 5) is 0. The van der Waals surface area contributed by atoms with Gasteiger partial charge < -0.3 is 5.11 Å². The Labute approximate surface area is 128 Å². The van der Waals surface area contributed by atoms with Crippen LogP contribution in [0.25, 0.3) is 0 Å². The molecular weight excluding hydrogens is 322 g/mol. The SMILES string of the molecule is Cc1ccccc1C(O)(c1cccc(C(F)(F)F)c1)C(F)(F)F. The zero-order chi connectivity index (χ0) is 17.5.